The maximum absolute atomic E-state index is 5.76. The molecule has 1 aliphatic carbocycles. The molecule has 2 aliphatic rings. The first kappa shape index (κ1) is 13.1. The van der Waals surface area contributed by atoms with Gasteiger partial charge in [0.25, 0.3) is 0 Å². The molecule has 1 aliphatic heterocycles. The summed E-state index contributed by atoms with van der Waals surface area (Å²) in [6.45, 7) is 4.27. The van der Waals surface area contributed by atoms with Crippen LogP contribution in [-0.4, -0.2) is 30.3 Å². The summed E-state index contributed by atoms with van der Waals surface area (Å²) >= 11 is 0. The van der Waals surface area contributed by atoms with Crippen molar-refractivity contribution in [2.24, 2.45) is 5.92 Å². The molecule has 0 bridgehead atoms. The van der Waals surface area contributed by atoms with Crippen LogP contribution < -0.4 is 5.32 Å². The van der Waals surface area contributed by atoms with Crippen LogP contribution in [0.3, 0.4) is 0 Å². The van der Waals surface area contributed by atoms with E-state index in [2.05, 4.69) is 22.4 Å². The molecule has 1 saturated heterocycles. The van der Waals surface area contributed by atoms with Gasteiger partial charge in [-0.2, -0.15) is 4.98 Å². The van der Waals surface area contributed by atoms with Gasteiger partial charge in [0.2, 0.25) is 11.7 Å². The minimum absolute atomic E-state index is 0.308. The molecule has 3 rings (SSSR count). The number of methoxy groups -OCH3 is 1. The third kappa shape index (κ3) is 2.30. The Hall–Kier alpha value is -0.940. The quantitative estimate of drug-likeness (QED) is 0.904. The van der Waals surface area contributed by atoms with Crippen LogP contribution in [0.15, 0.2) is 4.52 Å². The van der Waals surface area contributed by atoms with Gasteiger partial charge in [-0.05, 0) is 31.8 Å². The van der Waals surface area contributed by atoms with E-state index < -0.39 is 0 Å². The minimum atomic E-state index is -0.308. The average molecular weight is 265 g/mol. The molecule has 0 spiro atoms. The Labute approximate surface area is 114 Å². The number of ether oxygens (including phenoxy) is 1. The topological polar surface area (TPSA) is 60.2 Å². The summed E-state index contributed by atoms with van der Waals surface area (Å²) < 4.78 is 11.3. The number of nitrogens with zero attached hydrogens (tertiary/aromatic N) is 2. The fraction of sp³-hybridized carbons (Fsp3) is 0.857. The Morgan fingerprint density at radius 1 is 1.32 bits per heavy atom. The average Bonchev–Trinajstić information content (AvgIpc) is 2.87. The molecule has 5 nitrogen and oxygen atoms in total. The number of hydrogen-bond donors (Lipinski definition) is 1. The zero-order valence-corrected chi connectivity index (χ0v) is 11.8. The van der Waals surface area contributed by atoms with Gasteiger partial charge in [-0.25, -0.2) is 0 Å². The highest BCUT2D eigenvalue weighted by Gasteiger charge is 2.39. The molecule has 1 aromatic heterocycles. The van der Waals surface area contributed by atoms with Crippen LogP contribution in [0.1, 0.15) is 56.7 Å². The third-order valence-electron chi connectivity index (χ3n) is 4.81. The van der Waals surface area contributed by atoms with Gasteiger partial charge < -0.3 is 14.6 Å². The van der Waals surface area contributed by atoms with Gasteiger partial charge in [0, 0.05) is 13.0 Å². The maximum atomic E-state index is 5.76. The van der Waals surface area contributed by atoms with Gasteiger partial charge >= 0.3 is 0 Å². The first-order chi connectivity index (χ1) is 9.25. The van der Waals surface area contributed by atoms with Crippen LogP contribution in [-0.2, 0) is 10.3 Å². The zero-order valence-electron chi connectivity index (χ0n) is 11.8. The number of hydrogen-bond acceptors (Lipinski definition) is 5. The summed E-state index contributed by atoms with van der Waals surface area (Å²) in [5.41, 5.74) is -0.308. The Kier molecular flexibility index (Phi) is 3.58. The Morgan fingerprint density at radius 3 is 2.63 bits per heavy atom. The molecule has 1 aromatic rings. The Bertz CT molecular complexity index is 422. The van der Waals surface area contributed by atoms with Crippen molar-refractivity contribution in [2.45, 2.75) is 50.5 Å². The minimum Gasteiger partial charge on any atom is -0.370 e. The van der Waals surface area contributed by atoms with E-state index in [-0.39, 0.29) is 5.60 Å². The van der Waals surface area contributed by atoms with Crippen molar-refractivity contribution >= 4 is 0 Å². The van der Waals surface area contributed by atoms with Crippen LogP contribution in [0.25, 0.3) is 0 Å². The molecule has 5 heteroatoms. The fourth-order valence-corrected chi connectivity index (χ4v) is 3.11. The molecule has 0 aromatic carbocycles. The van der Waals surface area contributed by atoms with Crippen LogP contribution in [0.5, 0.6) is 0 Å². The van der Waals surface area contributed by atoms with Crippen molar-refractivity contribution in [1.29, 1.82) is 0 Å². The monoisotopic (exact) mass is 265 g/mol. The summed E-state index contributed by atoms with van der Waals surface area (Å²) in [5.74, 6) is 2.48. The fourth-order valence-electron chi connectivity index (χ4n) is 3.11. The number of nitrogens with one attached hydrogen (secondary N) is 1. The van der Waals surface area contributed by atoms with E-state index in [0.717, 1.165) is 37.6 Å². The molecule has 1 atom stereocenters. The molecule has 0 amide bonds. The van der Waals surface area contributed by atoms with Gasteiger partial charge in [0.1, 0.15) is 5.60 Å². The number of rotatable bonds is 4. The van der Waals surface area contributed by atoms with Gasteiger partial charge in [-0.1, -0.05) is 31.3 Å². The molecule has 19 heavy (non-hydrogen) atoms. The second kappa shape index (κ2) is 5.21. The molecular weight excluding hydrogens is 242 g/mol. The molecule has 1 unspecified atom stereocenters. The largest absolute Gasteiger partial charge is 0.370 e. The van der Waals surface area contributed by atoms with Gasteiger partial charge in [0.05, 0.1) is 0 Å². The molecule has 1 N–H and O–H groups in total. The van der Waals surface area contributed by atoms with Crippen LogP contribution in [0.2, 0.25) is 0 Å². The van der Waals surface area contributed by atoms with Gasteiger partial charge in [-0.15, -0.1) is 0 Å². The van der Waals surface area contributed by atoms with Crippen LogP contribution in [0.4, 0.5) is 0 Å². The second-order valence-electron chi connectivity index (χ2n) is 5.92. The highest BCUT2D eigenvalue weighted by atomic mass is 16.5. The van der Waals surface area contributed by atoms with Crippen molar-refractivity contribution in [1.82, 2.24) is 15.5 Å². The SMILES string of the molecule is COC1(c2noc(C(C)C3CNC3)n2)CCCCC1. The predicted octanol–water partition coefficient (Wildman–Crippen LogP) is 2.20. The summed E-state index contributed by atoms with van der Waals surface area (Å²) in [5, 5.41) is 7.50. The Morgan fingerprint density at radius 2 is 2.05 bits per heavy atom. The van der Waals surface area contributed by atoms with E-state index in [1.807, 2.05) is 0 Å². The summed E-state index contributed by atoms with van der Waals surface area (Å²) in [4.78, 5) is 4.65. The van der Waals surface area contributed by atoms with Crippen LogP contribution in [0, 0.1) is 5.92 Å². The first-order valence-corrected chi connectivity index (χ1v) is 7.35. The summed E-state index contributed by atoms with van der Waals surface area (Å²) in [6.07, 6.45) is 5.64. The maximum Gasteiger partial charge on any atom is 0.229 e. The van der Waals surface area contributed by atoms with E-state index >= 15 is 0 Å². The number of aromatic nitrogens is 2. The lowest BCUT2D eigenvalue weighted by atomic mass is 9.84. The standard InChI is InChI=1S/C14H23N3O2/c1-10(11-8-15-9-11)12-16-13(17-19-12)14(18-2)6-4-3-5-7-14/h10-11,15H,3-9H2,1-2H3. The highest BCUT2D eigenvalue weighted by molar-refractivity contribution is 5.06. The zero-order chi connectivity index (χ0) is 13.3. The van der Waals surface area contributed by atoms with Crippen molar-refractivity contribution in [3.05, 3.63) is 11.7 Å². The van der Waals surface area contributed by atoms with Gasteiger partial charge in [-0.3, -0.25) is 0 Å². The smallest absolute Gasteiger partial charge is 0.229 e. The van der Waals surface area contributed by atoms with E-state index in [1.165, 1.54) is 19.3 Å². The molecular formula is C14H23N3O2. The van der Waals surface area contributed by atoms with Crippen LogP contribution >= 0.6 is 0 Å². The van der Waals surface area contributed by atoms with Crippen molar-refractivity contribution in [2.75, 3.05) is 20.2 Å². The first-order valence-electron chi connectivity index (χ1n) is 7.35. The van der Waals surface area contributed by atoms with Crippen molar-refractivity contribution in [3.63, 3.8) is 0 Å². The lowest BCUT2D eigenvalue weighted by molar-refractivity contribution is -0.0527. The lowest BCUT2D eigenvalue weighted by Gasteiger charge is -2.33. The lowest BCUT2D eigenvalue weighted by Crippen LogP contribution is -2.44. The molecule has 0 radical (unpaired) electrons. The van der Waals surface area contributed by atoms with E-state index in [1.54, 1.807) is 7.11 Å². The summed E-state index contributed by atoms with van der Waals surface area (Å²) in [6, 6.07) is 0. The van der Waals surface area contributed by atoms with E-state index in [9.17, 15) is 0 Å². The third-order valence-corrected chi connectivity index (χ3v) is 4.81. The normalized spacial score (nSPS) is 24.9. The van der Waals surface area contributed by atoms with Crippen molar-refractivity contribution in [3.8, 4) is 0 Å². The predicted molar refractivity (Wildman–Crippen MR) is 70.8 cm³/mol. The van der Waals surface area contributed by atoms with Gasteiger partial charge in [0.15, 0.2) is 0 Å². The molecule has 1 saturated carbocycles. The molecule has 2 heterocycles. The molecule has 106 valence electrons. The Balaban J connectivity index is 1.78. The van der Waals surface area contributed by atoms with E-state index in [4.69, 9.17) is 9.26 Å². The second-order valence-corrected chi connectivity index (χ2v) is 5.92. The molecule has 2 fully saturated rings. The highest BCUT2D eigenvalue weighted by Crippen LogP contribution is 2.39. The van der Waals surface area contributed by atoms with E-state index in [0.29, 0.717) is 11.8 Å². The van der Waals surface area contributed by atoms with Crippen molar-refractivity contribution < 1.29 is 9.26 Å². The summed E-state index contributed by atoms with van der Waals surface area (Å²) in [7, 11) is 1.76.